The highest BCUT2D eigenvalue weighted by atomic mass is 32.1. The minimum atomic E-state index is -1.31. The number of benzene rings is 1. The Labute approximate surface area is 138 Å². The van der Waals surface area contributed by atoms with Crippen LogP contribution < -0.4 is 9.80 Å². The van der Waals surface area contributed by atoms with Crippen LogP contribution in [0.2, 0.25) is 0 Å². The van der Waals surface area contributed by atoms with E-state index in [0.29, 0.717) is 16.9 Å². The molecule has 6 heteroatoms. The number of nitrogens with zero attached hydrogens (tertiary/aromatic N) is 2. The highest BCUT2D eigenvalue weighted by Crippen LogP contribution is 2.36. The van der Waals surface area contributed by atoms with Gasteiger partial charge in [0, 0.05) is 30.0 Å². The van der Waals surface area contributed by atoms with Crippen molar-refractivity contribution in [2.24, 2.45) is 5.92 Å². The molecule has 5 nitrogen and oxygen atoms in total. The molecule has 118 valence electrons. The molecule has 1 atom stereocenters. The van der Waals surface area contributed by atoms with Crippen LogP contribution in [0.3, 0.4) is 0 Å². The highest BCUT2D eigenvalue weighted by molar-refractivity contribution is 7.10. The van der Waals surface area contributed by atoms with Crippen molar-refractivity contribution >= 4 is 40.3 Å². The lowest BCUT2D eigenvalue weighted by Gasteiger charge is -2.30. The number of aryl methyl sites for hydroxylation is 1. The second-order valence-electron chi connectivity index (χ2n) is 5.48. The number of ketones is 1. The van der Waals surface area contributed by atoms with E-state index in [2.05, 4.69) is 0 Å². The van der Waals surface area contributed by atoms with Crippen molar-refractivity contribution in [1.82, 2.24) is 0 Å². The Morgan fingerprint density at radius 3 is 2.52 bits per heavy atom. The maximum Gasteiger partial charge on any atom is 0.247 e. The van der Waals surface area contributed by atoms with E-state index in [1.54, 1.807) is 43.7 Å². The first-order valence-electron chi connectivity index (χ1n) is 7.16. The molecule has 1 aromatic carbocycles. The van der Waals surface area contributed by atoms with Gasteiger partial charge >= 0.3 is 0 Å². The summed E-state index contributed by atoms with van der Waals surface area (Å²) in [7, 11) is 3.18. The molecule has 0 saturated heterocycles. The third-order valence-electron chi connectivity index (χ3n) is 4.12. The average molecular weight is 328 g/mol. The topological polar surface area (TPSA) is 57.7 Å². The summed E-state index contributed by atoms with van der Waals surface area (Å²) in [5.41, 5.74) is 1.72. The van der Waals surface area contributed by atoms with Crippen molar-refractivity contribution in [3.05, 3.63) is 46.2 Å². The van der Waals surface area contributed by atoms with Gasteiger partial charge < -0.3 is 9.80 Å². The quantitative estimate of drug-likeness (QED) is 0.796. The van der Waals surface area contributed by atoms with Crippen molar-refractivity contribution in [3.8, 4) is 0 Å². The van der Waals surface area contributed by atoms with E-state index < -0.39 is 23.5 Å². The van der Waals surface area contributed by atoms with Crippen molar-refractivity contribution in [1.29, 1.82) is 0 Å². The van der Waals surface area contributed by atoms with E-state index in [9.17, 15) is 14.4 Å². The molecule has 0 radical (unpaired) electrons. The summed E-state index contributed by atoms with van der Waals surface area (Å²) in [6.45, 7) is 1.83. The molecule has 23 heavy (non-hydrogen) atoms. The maximum atomic E-state index is 12.8. The molecule has 2 amide bonds. The van der Waals surface area contributed by atoms with Crippen molar-refractivity contribution in [3.63, 3.8) is 0 Å². The number of carbonyl (C=O) groups excluding carboxylic acids is 3. The van der Waals surface area contributed by atoms with Crippen LogP contribution in [-0.2, 0) is 9.59 Å². The van der Waals surface area contributed by atoms with Crippen LogP contribution in [0.15, 0.2) is 35.7 Å². The lowest BCUT2D eigenvalue weighted by atomic mass is 9.90. The smallest absolute Gasteiger partial charge is 0.247 e. The first-order chi connectivity index (χ1) is 10.9. The molecule has 2 aromatic rings. The van der Waals surface area contributed by atoms with E-state index in [1.807, 2.05) is 13.0 Å². The minimum absolute atomic E-state index is 0.408. The third kappa shape index (κ3) is 2.35. The molecule has 0 fully saturated rings. The monoisotopic (exact) mass is 328 g/mol. The third-order valence-corrected chi connectivity index (χ3v) is 5.02. The predicted molar refractivity (Wildman–Crippen MR) is 90.1 cm³/mol. The molecule has 0 spiro atoms. The Balaban J connectivity index is 2.00. The standard InChI is InChI=1S/C17H16N2O3S/c1-10-13-12(9-23-10)19(3)17(22)14(15(13)20)16(21)18(2)11-7-5-4-6-8-11/h4-9,14H,1-3H3. The van der Waals surface area contributed by atoms with Gasteiger partial charge in [-0.15, -0.1) is 11.3 Å². The van der Waals surface area contributed by atoms with Gasteiger partial charge in [0.25, 0.3) is 0 Å². The van der Waals surface area contributed by atoms with Gasteiger partial charge in [-0.05, 0) is 19.1 Å². The number of thiophene rings is 1. The van der Waals surface area contributed by atoms with E-state index in [1.165, 1.54) is 21.1 Å². The molecule has 1 unspecified atom stereocenters. The Hall–Kier alpha value is -2.47. The summed E-state index contributed by atoms with van der Waals surface area (Å²) >= 11 is 1.41. The van der Waals surface area contributed by atoms with Gasteiger partial charge in [0.2, 0.25) is 11.8 Å². The Morgan fingerprint density at radius 2 is 1.87 bits per heavy atom. The lowest BCUT2D eigenvalue weighted by molar-refractivity contribution is -0.130. The molecule has 0 saturated carbocycles. The summed E-state index contributed by atoms with van der Waals surface area (Å²) in [4.78, 5) is 41.6. The van der Waals surface area contributed by atoms with Crippen LogP contribution in [-0.4, -0.2) is 31.7 Å². The summed E-state index contributed by atoms with van der Waals surface area (Å²) in [6, 6.07) is 8.97. The molecule has 3 rings (SSSR count). The molecular formula is C17H16N2O3S. The van der Waals surface area contributed by atoms with Crippen LogP contribution in [0.4, 0.5) is 11.4 Å². The Morgan fingerprint density at radius 1 is 1.22 bits per heavy atom. The van der Waals surface area contributed by atoms with Crippen molar-refractivity contribution < 1.29 is 14.4 Å². The minimum Gasteiger partial charge on any atom is -0.314 e. The van der Waals surface area contributed by atoms with Gasteiger partial charge in [0.15, 0.2) is 11.7 Å². The van der Waals surface area contributed by atoms with Crippen LogP contribution in [0.25, 0.3) is 0 Å². The largest absolute Gasteiger partial charge is 0.314 e. The Kier molecular flexibility index (Phi) is 3.77. The maximum absolute atomic E-state index is 12.8. The number of fused-ring (bicyclic) bond motifs is 1. The number of hydrogen-bond donors (Lipinski definition) is 0. The number of amides is 2. The zero-order valence-electron chi connectivity index (χ0n) is 13.1. The van der Waals surface area contributed by atoms with Gasteiger partial charge in [-0.1, -0.05) is 18.2 Å². The van der Waals surface area contributed by atoms with Gasteiger partial charge in [-0.25, -0.2) is 0 Å². The lowest BCUT2D eigenvalue weighted by Crippen LogP contribution is -2.50. The van der Waals surface area contributed by atoms with Crippen LogP contribution in [0, 0.1) is 12.8 Å². The molecular weight excluding hydrogens is 312 g/mol. The number of rotatable bonds is 2. The highest BCUT2D eigenvalue weighted by Gasteiger charge is 2.45. The van der Waals surface area contributed by atoms with Crippen molar-refractivity contribution in [2.45, 2.75) is 6.92 Å². The second-order valence-corrected chi connectivity index (χ2v) is 6.56. The SMILES string of the molecule is Cc1scc2c1C(=O)C(C(=O)N(C)c1ccccc1)C(=O)N2C. The number of Topliss-reactive ketones (excluding diaryl/α,β-unsaturated/α-hetero) is 1. The molecule has 0 N–H and O–H groups in total. The van der Waals surface area contributed by atoms with Crippen LogP contribution in [0.1, 0.15) is 15.2 Å². The summed E-state index contributed by atoms with van der Waals surface area (Å²) in [6.07, 6.45) is 0. The molecule has 1 aliphatic rings. The number of anilines is 2. The second kappa shape index (κ2) is 5.62. The van der Waals surface area contributed by atoms with Crippen molar-refractivity contribution in [2.75, 3.05) is 23.9 Å². The molecule has 1 aromatic heterocycles. The number of para-hydroxylation sites is 1. The van der Waals surface area contributed by atoms with E-state index in [4.69, 9.17) is 0 Å². The van der Waals surface area contributed by atoms with Gasteiger partial charge in [-0.3, -0.25) is 14.4 Å². The van der Waals surface area contributed by atoms with Gasteiger partial charge in [-0.2, -0.15) is 0 Å². The summed E-state index contributed by atoms with van der Waals surface area (Å²) < 4.78 is 0. The molecule has 0 aliphatic carbocycles. The van der Waals surface area contributed by atoms with Gasteiger partial charge in [0.05, 0.1) is 11.3 Å². The predicted octanol–water partition coefficient (Wildman–Crippen LogP) is 2.49. The molecule has 0 bridgehead atoms. The molecule has 1 aliphatic heterocycles. The fourth-order valence-corrected chi connectivity index (χ4v) is 3.64. The first-order valence-corrected chi connectivity index (χ1v) is 8.04. The number of hydrogen-bond acceptors (Lipinski definition) is 4. The van der Waals surface area contributed by atoms with Crippen LogP contribution >= 0.6 is 11.3 Å². The van der Waals surface area contributed by atoms with E-state index >= 15 is 0 Å². The zero-order valence-corrected chi connectivity index (χ0v) is 13.9. The van der Waals surface area contributed by atoms with E-state index in [-0.39, 0.29) is 0 Å². The summed E-state index contributed by atoms with van der Waals surface area (Å²) in [5.74, 6) is -2.71. The fourth-order valence-electron chi connectivity index (χ4n) is 2.75. The van der Waals surface area contributed by atoms with E-state index in [0.717, 1.165) is 4.88 Å². The first kappa shape index (κ1) is 15.4. The molecule has 2 heterocycles. The Bertz CT molecular complexity index is 797. The van der Waals surface area contributed by atoms with Gasteiger partial charge in [0.1, 0.15) is 0 Å². The normalized spacial score (nSPS) is 17.2. The average Bonchev–Trinajstić information content (AvgIpc) is 2.95. The zero-order chi connectivity index (χ0) is 16.7. The fraction of sp³-hybridized carbons (Fsp3) is 0.235. The van der Waals surface area contributed by atoms with Crippen LogP contribution in [0.5, 0.6) is 0 Å². The summed E-state index contributed by atoms with van der Waals surface area (Å²) in [5, 5.41) is 1.78. The number of carbonyl (C=O) groups is 3.